The van der Waals surface area contributed by atoms with Crippen LogP contribution in [0.2, 0.25) is 0 Å². The summed E-state index contributed by atoms with van der Waals surface area (Å²) in [5.74, 6) is 0. The van der Waals surface area contributed by atoms with Crippen LogP contribution in [0.4, 0.5) is 0 Å². The largest absolute Gasteiger partial charge is 0.393 e. The number of rotatable bonds is 11. The van der Waals surface area contributed by atoms with Crippen LogP contribution in [0.25, 0.3) is 0 Å². The van der Waals surface area contributed by atoms with Gasteiger partial charge in [-0.15, -0.1) is 0 Å². The lowest BCUT2D eigenvalue weighted by molar-refractivity contribution is -0.0580. The predicted molar refractivity (Wildman–Crippen MR) is 79.4 cm³/mol. The molecule has 0 bridgehead atoms. The van der Waals surface area contributed by atoms with Gasteiger partial charge in [0.1, 0.15) is 6.79 Å². The van der Waals surface area contributed by atoms with Gasteiger partial charge in [0.15, 0.2) is 0 Å². The van der Waals surface area contributed by atoms with Gasteiger partial charge in [-0.25, -0.2) is 0 Å². The van der Waals surface area contributed by atoms with Gasteiger partial charge in [0.05, 0.1) is 23.5 Å². The van der Waals surface area contributed by atoms with Gasteiger partial charge in [-0.3, -0.25) is 9.13 Å². The smallest absolute Gasteiger partial charge is 0.328 e. The van der Waals surface area contributed by atoms with Crippen molar-refractivity contribution in [3.63, 3.8) is 0 Å². The number of hydrogen-bond acceptors (Lipinski definition) is 5. The molecule has 0 aliphatic heterocycles. The molecule has 0 amide bonds. The fraction of sp³-hybridized carbons (Fsp3) is 1.00. The zero-order valence-electron chi connectivity index (χ0n) is 12.6. The molecule has 0 aromatic carbocycles. The molecule has 0 spiro atoms. The van der Waals surface area contributed by atoms with Gasteiger partial charge in [0.25, 0.3) is 0 Å². The maximum Gasteiger partial charge on any atom is 0.328 e. The van der Waals surface area contributed by atoms with E-state index in [0.29, 0.717) is 0 Å². The van der Waals surface area contributed by atoms with Gasteiger partial charge in [-0.05, 0) is 32.6 Å². The lowest BCUT2D eigenvalue weighted by Crippen LogP contribution is -2.28. The average molecular weight is 364 g/mol. The van der Waals surface area contributed by atoms with Crippen LogP contribution in [-0.2, 0) is 13.9 Å². The molecular formula is C11H26O9P2. The van der Waals surface area contributed by atoms with Gasteiger partial charge in [-0.2, -0.15) is 0 Å². The van der Waals surface area contributed by atoms with E-state index in [1.807, 2.05) is 0 Å². The maximum atomic E-state index is 11.5. The molecule has 0 rings (SSSR count). The van der Waals surface area contributed by atoms with Gasteiger partial charge in [-0.1, -0.05) is 6.92 Å². The summed E-state index contributed by atoms with van der Waals surface area (Å²) < 4.78 is 27.8. The van der Waals surface area contributed by atoms with Crippen LogP contribution in [0.1, 0.15) is 39.5 Å². The van der Waals surface area contributed by atoms with Crippen molar-refractivity contribution < 1.29 is 43.7 Å². The molecular weight excluding hydrogens is 338 g/mol. The van der Waals surface area contributed by atoms with E-state index >= 15 is 0 Å². The zero-order chi connectivity index (χ0) is 17.6. The van der Waals surface area contributed by atoms with Gasteiger partial charge in [0.2, 0.25) is 0 Å². The van der Waals surface area contributed by atoms with E-state index in [0.717, 1.165) is 0 Å². The third-order valence-corrected chi connectivity index (χ3v) is 6.32. The highest BCUT2D eigenvalue weighted by atomic mass is 31.2. The third kappa shape index (κ3) is 8.72. The molecule has 0 aromatic heterocycles. The fourth-order valence-electron chi connectivity index (χ4n) is 2.25. The summed E-state index contributed by atoms with van der Waals surface area (Å²) in [6.07, 6.45) is -2.26. The molecule has 0 aromatic rings. The monoisotopic (exact) mass is 364 g/mol. The van der Waals surface area contributed by atoms with E-state index in [4.69, 9.17) is 9.84 Å². The van der Waals surface area contributed by atoms with Crippen molar-refractivity contribution in [3.8, 4) is 0 Å². The summed E-state index contributed by atoms with van der Waals surface area (Å²) in [6.45, 7) is 2.23. The Bertz CT molecular complexity index is 402. The van der Waals surface area contributed by atoms with Crippen molar-refractivity contribution in [2.24, 2.45) is 0 Å². The standard InChI is InChI=1S/C11H26O9P2/c1-3-10(21(14,15)16)5-9(20-7-12)6-11(4-8(2)13)22(17,18)19/h8-13H,3-7H2,1-2H3,(H2,14,15,16)(H2,17,18,19). The highest BCUT2D eigenvalue weighted by Gasteiger charge is 2.36. The number of hydrogen-bond donors (Lipinski definition) is 6. The molecule has 0 heterocycles. The second kappa shape index (κ2) is 9.47. The Hall–Kier alpha value is 0.180. The Morgan fingerprint density at radius 3 is 1.73 bits per heavy atom. The number of aliphatic hydroxyl groups is 2. The maximum absolute atomic E-state index is 11.5. The summed E-state index contributed by atoms with van der Waals surface area (Å²) in [6, 6.07) is 0. The normalized spacial score (nSPS) is 18.7. The Morgan fingerprint density at radius 1 is 0.955 bits per heavy atom. The Labute approximate surface area is 129 Å². The van der Waals surface area contributed by atoms with Crippen LogP contribution in [0.3, 0.4) is 0 Å². The highest BCUT2D eigenvalue weighted by molar-refractivity contribution is 7.52. The first kappa shape index (κ1) is 22.2. The first-order valence-corrected chi connectivity index (χ1v) is 10.3. The van der Waals surface area contributed by atoms with Crippen molar-refractivity contribution in [2.75, 3.05) is 6.79 Å². The quantitative estimate of drug-likeness (QED) is 0.224. The molecule has 134 valence electrons. The minimum absolute atomic E-state index is 0.141. The Morgan fingerprint density at radius 2 is 1.41 bits per heavy atom. The van der Waals surface area contributed by atoms with Crippen molar-refractivity contribution in [2.45, 2.75) is 63.1 Å². The van der Waals surface area contributed by atoms with E-state index in [-0.39, 0.29) is 25.7 Å². The summed E-state index contributed by atoms with van der Waals surface area (Å²) in [5.41, 5.74) is -2.23. The van der Waals surface area contributed by atoms with Crippen molar-refractivity contribution in [3.05, 3.63) is 0 Å². The van der Waals surface area contributed by atoms with Gasteiger partial charge < -0.3 is 34.5 Å². The van der Waals surface area contributed by atoms with Crippen LogP contribution in [0, 0.1) is 0 Å². The van der Waals surface area contributed by atoms with E-state index < -0.39 is 45.5 Å². The van der Waals surface area contributed by atoms with E-state index in [9.17, 15) is 33.8 Å². The second-order valence-corrected chi connectivity index (χ2v) is 9.18. The summed E-state index contributed by atoms with van der Waals surface area (Å²) in [4.78, 5) is 37.1. The topological polar surface area (TPSA) is 165 Å². The summed E-state index contributed by atoms with van der Waals surface area (Å²) >= 11 is 0. The minimum atomic E-state index is -4.52. The number of aliphatic hydroxyl groups excluding tert-OH is 2. The summed E-state index contributed by atoms with van der Waals surface area (Å²) in [7, 11) is -8.89. The van der Waals surface area contributed by atoms with Crippen LogP contribution < -0.4 is 0 Å². The molecule has 4 atom stereocenters. The summed E-state index contributed by atoms with van der Waals surface area (Å²) in [5, 5.41) is 18.2. The first-order valence-electron chi connectivity index (χ1n) is 6.92. The van der Waals surface area contributed by atoms with Crippen LogP contribution >= 0.6 is 15.2 Å². The molecule has 6 N–H and O–H groups in total. The Balaban J connectivity index is 5.06. The van der Waals surface area contributed by atoms with Crippen LogP contribution in [-0.4, -0.2) is 60.1 Å². The average Bonchev–Trinajstić information content (AvgIpc) is 2.31. The molecule has 0 radical (unpaired) electrons. The molecule has 4 unspecified atom stereocenters. The molecule has 0 saturated carbocycles. The van der Waals surface area contributed by atoms with Gasteiger partial charge in [0, 0.05) is 0 Å². The van der Waals surface area contributed by atoms with Crippen molar-refractivity contribution >= 4 is 15.2 Å². The molecule has 9 nitrogen and oxygen atoms in total. The molecule has 22 heavy (non-hydrogen) atoms. The minimum Gasteiger partial charge on any atom is -0.393 e. The van der Waals surface area contributed by atoms with E-state index in [1.165, 1.54) is 6.92 Å². The van der Waals surface area contributed by atoms with E-state index in [1.54, 1.807) is 6.92 Å². The molecule has 0 fully saturated rings. The lowest BCUT2D eigenvalue weighted by Gasteiger charge is -2.27. The SMILES string of the molecule is CCC(CC(CC(CC(C)O)P(=O)(O)O)OCO)P(=O)(O)O. The first-order chi connectivity index (χ1) is 9.91. The highest BCUT2D eigenvalue weighted by Crippen LogP contribution is 2.49. The third-order valence-electron chi connectivity index (χ3n) is 3.42. The van der Waals surface area contributed by atoms with Crippen molar-refractivity contribution in [1.29, 1.82) is 0 Å². The lowest BCUT2D eigenvalue weighted by atomic mass is 10.0. The zero-order valence-corrected chi connectivity index (χ0v) is 14.4. The number of ether oxygens (including phenoxy) is 1. The fourth-order valence-corrected chi connectivity index (χ4v) is 4.33. The van der Waals surface area contributed by atoms with Gasteiger partial charge >= 0.3 is 15.2 Å². The van der Waals surface area contributed by atoms with Crippen LogP contribution in [0.15, 0.2) is 0 Å². The molecule has 0 saturated heterocycles. The van der Waals surface area contributed by atoms with Crippen molar-refractivity contribution in [1.82, 2.24) is 0 Å². The van der Waals surface area contributed by atoms with Crippen LogP contribution in [0.5, 0.6) is 0 Å². The van der Waals surface area contributed by atoms with E-state index in [2.05, 4.69) is 0 Å². The molecule has 11 heteroatoms. The molecule has 0 aliphatic carbocycles. The molecule has 0 aliphatic rings. The Kier molecular flexibility index (Phi) is 9.55. The second-order valence-electron chi connectivity index (χ2n) is 5.37. The predicted octanol–water partition coefficient (Wildman–Crippen LogP) is 0.375.